The highest BCUT2D eigenvalue weighted by atomic mass is 16.5. The maximum Gasteiger partial charge on any atom is 0.240 e. The molecule has 0 bridgehead atoms. The third-order valence-corrected chi connectivity index (χ3v) is 2.85. The molecule has 0 radical (unpaired) electrons. The number of hydrogen-bond acceptors (Lipinski definition) is 5. The molecule has 82 valence electrons. The zero-order valence-electron chi connectivity index (χ0n) is 9.21. The second kappa shape index (κ2) is 3.37. The van der Waals surface area contributed by atoms with Gasteiger partial charge in [-0.2, -0.15) is 4.98 Å². The van der Waals surface area contributed by atoms with Gasteiger partial charge in [-0.1, -0.05) is 12.1 Å². The van der Waals surface area contributed by atoms with Crippen molar-refractivity contribution in [2.75, 3.05) is 0 Å². The van der Waals surface area contributed by atoms with Crippen molar-refractivity contribution in [2.45, 2.75) is 26.2 Å². The Labute approximate surface area is 92.9 Å². The first-order valence-electron chi connectivity index (χ1n) is 5.36. The first-order valence-corrected chi connectivity index (χ1v) is 5.36. The summed E-state index contributed by atoms with van der Waals surface area (Å²) in [5, 5.41) is 3.90. The molecule has 1 saturated carbocycles. The van der Waals surface area contributed by atoms with Crippen LogP contribution in [0.3, 0.4) is 0 Å². The molecule has 3 rings (SSSR count). The smallest absolute Gasteiger partial charge is 0.240 e. The Morgan fingerprint density at radius 1 is 1.25 bits per heavy atom. The molecule has 0 N–H and O–H groups in total. The topological polar surface area (TPSA) is 64.7 Å². The number of nitrogens with zero attached hydrogens (tertiary/aromatic N) is 4. The second-order valence-corrected chi connectivity index (χ2v) is 4.36. The lowest BCUT2D eigenvalue weighted by Crippen LogP contribution is -1.91. The molecule has 5 nitrogen and oxygen atoms in total. The highest BCUT2D eigenvalue weighted by Crippen LogP contribution is 2.46. The fraction of sp³-hybridized carbons (Fsp3) is 0.455. The Bertz CT molecular complexity index is 505. The number of aryl methyl sites for hydroxylation is 1. The number of rotatable bonds is 2. The molecular formula is C11H12N4O. The summed E-state index contributed by atoms with van der Waals surface area (Å²) in [6.45, 7) is 4.12. The monoisotopic (exact) mass is 216 g/mol. The lowest BCUT2D eigenvalue weighted by molar-refractivity contribution is 0.376. The summed E-state index contributed by atoms with van der Waals surface area (Å²) < 4.78 is 5.20. The van der Waals surface area contributed by atoms with Gasteiger partial charge in [0.1, 0.15) is 0 Å². The average Bonchev–Trinajstić information content (AvgIpc) is 2.82. The van der Waals surface area contributed by atoms with Gasteiger partial charge in [-0.25, -0.2) is 9.97 Å². The van der Waals surface area contributed by atoms with Crippen LogP contribution in [0.5, 0.6) is 0 Å². The van der Waals surface area contributed by atoms with Crippen molar-refractivity contribution in [3.05, 3.63) is 23.8 Å². The summed E-state index contributed by atoms with van der Waals surface area (Å²) in [5.41, 5.74) is 1.02. The SMILES string of the molecule is Cc1cnc(-c2noc(C3CC3C)n2)nc1. The van der Waals surface area contributed by atoms with Crippen LogP contribution >= 0.6 is 0 Å². The van der Waals surface area contributed by atoms with E-state index in [0.717, 1.165) is 12.0 Å². The van der Waals surface area contributed by atoms with E-state index < -0.39 is 0 Å². The molecule has 0 spiro atoms. The van der Waals surface area contributed by atoms with Crippen molar-refractivity contribution >= 4 is 0 Å². The Kier molecular flexibility index (Phi) is 1.99. The minimum Gasteiger partial charge on any atom is -0.339 e. The van der Waals surface area contributed by atoms with Crippen molar-refractivity contribution in [2.24, 2.45) is 5.92 Å². The first kappa shape index (κ1) is 9.45. The molecule has 2 heterocycles. The molecule has 1 aliphatic rings. The van der Waals surface area contributed by atoms with Crippen LogP contribution in [0.4, 0.5) is 0 Å². The van der Waals surface area contributed by atoms with E-state index in [2.05, 4.69) is 27.0 Å². The number of aromatic nitrogens is 4. The van der Waals surface area contributed by atoms with Gasteiger partial charge in [0.05, 0.1) is 0 Å². The first-order chi connectivity index (χ1) is 7.74. The van der Waals surface area contributed by atoms with E-state index in [1.165, 1.54) is 0 Å². The molecule has 2 aromatic heterocycles. The third-order valence-electron chi connectivity index (χ3n) is 2.85. The van der Waals surface area contributed by atoms with E-state index in [1.807, 2.05) is 6.92 Å². The Morgan fingerprint density at radius 2 is 1.94 bits per heavy atom. The van der Waals surface area contributed by atoms with Crippen LogP contribution < -0.4 is 0 Å². The van der Waals surface area contributed by atoms with Gasteiger partial charge in [0, 0.05) is 18.3 Å². The summed E-state index contributed by atoms with van der Waals surface area (Å²) >= 11 is 0. The molecule has 5 heteroatoms. The molecule has 2 atom stereocenters. The second-order valence-electron chi connectivity index (χ2n) is 4.36. The van der Waals surface area contributed by atoms with Crippen LogP contribution in [-0.4, -0.2) is 20.1 Å². The van der Waals surface area contributed by atoms with E-state index in [1.54, 1.807) is 12.4 Å². The van der Waals surface area contributed by atoms with Gasteiger partial charge in [0.25, 0.3) is 0 Å². The van der Waals surface area contributed by atoms with Crippen molar-refractivity contribution in [1.29, 1.82) is 0 Å². The summed E-state index contributed by atoms with van der Waals surface area (Å²) in [7, 11) is 0. The molecule has 2 aromatic rings. The molecule has 0 amide bonds. The molecule has 0 aromatic carbocycles. The molecule has 1 aliphatic carbocycles. The largest absolute Gasteiger partial charge is 0.339 e. The summed E-state index contributed by atoms with van der Waals surface area (Å²) in [5.74, 6) is 2.81. The van der Waals surface area contributed by atoms with Crippen LogP contribution in [0.15, 0.2) is 16.9 Å². The number of hydrogen-bond donors (Lipinski definition) is 0. The lowest BCUT2D eigenvalue weighted by Gasteiger charge is -1.92. The zero-order chi connectivity index (χ0) is 11.1. The van der Waals surface area contributed by atoms with Gasteiger partial charge in [0.2, 0.25) is 17.5 Å². The van der Waals surface area contributed by atoms with E-state index in [9.17, 15) is 0 Å². The van der Waals surface area contributed by atoms with Crippen molar-refractivity contribution in [3.8, 4) is 11.6 Å². The molecular weight excluding hydrogens is 204 g/mol. The summed E-state index contributed by atoms with van der Waals surface area (Å²) in [6.07, 6.45) is 4.63. The molecule has 2 unspecified atom stereocenters. The molecule has 0 saturated heterocycles. The van der Waals surface area contributed by atoms with Crippen LogP contribution in [0.25, 0.3) is 11.6 Å². The minimum absolute atomic E-state index is 0.437. The van der Waals surface area contributed by atoms with E-state index in [0.29, 0.717) is 29.4 Å². The van der Waals surface area contributed by atoms with E-state index >= 15 is 0 Å². The van der Waals surface area contributed by atoms with Crippen molar-refractivity contribution in [3.63, 3.8) is 0 Å². The Hall–Kier alpha value is -1.78. The molecule has 16 heavy (non-hydrogen) atoms. The maximum atomic E-state index is 5.20. The van der Waals surface area contributed by atoms with Gasteiger partial charge < -0.3 is 4.52 Å². The van der Waals surface area contributed by atoms with Gasteiger partial charge in [-0.05, 0) is 24.8 Å². The van der Waals surface area contributed by atoms with Gasteiger partial charge in [0.15, 0.2) is 0 Å². The lowest BCUT2D eigenvalue weighted by atomic mass is 10.3. The predicted octanol–water partition coefficient (Wildman–Crippen LogP) is 1.96. The van der Waals surface area contributed by atoms with Crippen LogP contribution in [0.1, 0.15) is 30.7 Å². The Balaban J connectivity index is 1.89. The third kappa shape index (κ3) is 1.58. The fourth-order valence-electron chi connectivity index (χ4n) is 1.65. The summed E-state index contributed by atoms with van der Waals surface area (Å²) in [4.78, 5) is 12.6. The Morgan fingerprint density at radius 3 is 2.56 bits per heavy atom. The van der Waals surface area contributed by atoms with Crippen molar-refractivity contribution in [1.82, 2.24) is 20.1 Å². The van der Waals surface area contributed by atoms with Gasteiger partial charge in [-0.15, -0.1) is 0 Å². The highest BCUT2D eigenvalue weighted by molar-refractivity contribution is 5.41. The van der Waals surface area contributed by atoms with Crippen LogP contribution in [-0.2, 0) is 0 Å². The van der Waals surface area contributed by atoms with Gasteiger partial charge in [-0.3, -0.25) is 0 Å². The quantitative estimate of drug-likeness (QED) is 0.767. The van der Waals surface area contributed by atoms with E-state index in [4.69, 9.17) is 4.52 Å². The van der Waals surface area contributed by atoms with Crippen LogP contribution in [0, 0.1) is 12.8 Å². The zero-order valence-corrected chi connectivity index (χ0v) is 9.21. The fourth-order valence-corrected chi connectivity index (χ4v) is 1.65. The predicted molar refractivity (Wildman–Crippen MR) is 56.6 cm³/mol. The molecule has 0 aliphatic heterocycles. The standard InChI is InChI=1S/C11H12N4O/c1-6-4-12-9(13-5-6)10-14-11(16-15-10)8-3-7(8)2/h4-5,7-8H,3H2,1-2H3. The average molecular weight is 216 g/mol. The van der Waals surface area contributed by atoms with Crippen molar-refractivity contribution < 1.29 is 4.52 Å². The van der Waals surface area contributed by atoms with E-state index in [-0.39, 0.29) is 0 Å². The molecule has 1 fully saturated rings. The van der Waals surface area contributed by atoms with Crippen LogP contribution in [0.2, 0.25) is 0 Å². The highest BCUT2D eigenvalue weighted by Gasteiger charge is 2.39. The normalized spacial score (nSPS) is 23.4. The van der Waals surface area contributed by atoms with Gasteiger partial charge >= 0.3 is 0 Å². The summed E-state index contributed by atoms with van der Waals surface area (Å²) in [6, 6.07) is 0. The minimum atomic E-state index is 0.437. The maximum absolute atomic E-state index is 5.20.